The fourth-order valence-electron chi connectivity index (χ4n) is 3.58. The number of thiophene rings is 1. The van der Waals surface area contributed by atoms with Crippen molar-refractivity contribution in [1.29, 1.82) is 0 Å². The van der Waals surface area contributed by atoms with Gasteiger partial charge in [-0.3, -0.25) is 4.98 Å². The number of nitrogens with zero attached hydrogens (tertiary/aromatic N) is 1. The molecule has 1 atom stereocenters. The van der Waals surface area contributed by atoms with Crippen LogP contribution in [0.4, 0.5) is 5.69 Å². The zero-order valence-corrected chi connectivity index (χ0v) is 19.1. The Morgan fingerprint density at radius 2 is 1.77 bits per heavy atom. The monoisotopic (exact) mass is 436 g/mol. The van der Waals surface area contributed by atoms with Gasteiger partial charge in [0.2, 0.25) is 0 Å². The minimum absolute atomic E-state index is 0.141. The Balaban J connectivity index is 1.78. The van der Waals surface area contributed by atoms with Crippen LogP contribution >= 0.6 is 22.9 Å². The molecular weight excluding hydrogens is 412 g/mol. The highest BCUT2D eigenvalue weighted by Gasteiger charge is 2.17. The van der Waals surface area contributed by atoms with Gasteiger partial charge in [0.1, 0.15) is 0 Å². The Kier molecular flexibility index (Phi) is 5.58. The lowest BCUT2D eigenvalue weighted by atomic mass is 9.95. The van der Waals surface area contributed by atoms with E-state index in [1.165, 1.54) is 4.88 Å². The zero-order chi connectivity index (χ0) is 21.5. The van der Waals surface area contributed by atoms with Crippen LogP contribution in [-0.2, 0) is 5.60 Å². The molecule has 5 heteroatoms. The predicted octanol–water partition coefficient (Wildman–Crippen LogP) is 7.33. The molecule has 0 radical (unpaired) electrons. The van der Waals surface area contributed by atoms with Gasteiger partial charge < -0.3 is 10.4 Å². The minimum atomic E-state index is -0.855. The summed E-state index contributed by atoms with van der Waals surface area (Å²) in [5, 5.41) is 17.6. The summed E-state index contributed by atoms with van der Waals surface area (Å²) in [6, 6.07) is 18.6. The van der Waals surface area contributed by atoms with Crippen molar-refractivity contribution in [3.63, 3.8) is 0 Å². The van der Waals surface area contributed by atoms with E-state index >= 15 is 0 Å². The van der Waals surface area contributed by atoms with Gasteiger partial charge in [0.05, 0.1) is 33.6 Å². The molecule has 1 unspecified atom stereocenters. The van der Waals surface area contributed by atoms with Crippen LogP contribution < -0.4 is 5.32 Å². The molecule has 0 spiro atoms. The van der Waals surface area contributed by atoms with E-state index in [4.69, 9.17) is 11.6 Å². The standard InChI is InChI=1S/C25H25ClN2OS/c1-15(22-6-5-13-30-22)28-24-20-14-18(9-12-21(20)27-16(2)23(24)26)17-7-10-19(11-8-17)25(3,4)29/h5-15,29H,1-4H3,(H,27,28). The summed E-state index contributed by atoms with van der Waals surface area (Å²) in [5.74, 6) is 0. The second kappa shape index (κ2) is 8.03. The summed E-state index contributed by atoms with van der Waals surface area (Å²) < 4.78 is 0. The summed E-state index contributed by atoms with van der Waals surface area (Å²) >= 11 is 8.42. The number of hydrogen-bond acceptors (Lipinski definition) is 4. The van der Waals surface area contributed by atoms with Gasteiger partial charge in [-0.25, -0.2) is 0 Å². The molecule has 4 rings (SSSR count). The quantitative estimate of drug-likeness (QED) is 0.344. The van der Waals surface area contributed by atoms with Crippen molar-refractivity contribution in [2.75, 3.05) is 5.32 Å². The molecule has 2 aromatic carbocycles. The molecule has 4 aromatic rings. The van der Waals surface area contributed by atoms with Crippen molar-refractivity contribution >= 4 is 39.5 Å². The largest absolute Gasteiger partial charge is 0.386 e. The van der Waals surface area contributed by atoms with Crippen molar-refractivity contribution in [3.05, 3.63) is 81.1 Å². The number of aromatic nitrogens is 1. The van der Waals surface area contributed by atoms with Gasteiger partial charge in [-0.1, -0.05) is 48.0 Å². The highest BCUT2D eigenvalue weighted by Crippen LogP contribution is 2.37. The Hall–Kier alpha value is -2.40. The van der Waals surface area contributed by atoms with E-state index in [0.717, 1.165) is 39.0 Å². The number of hydrogen-bond donors (Lipinski definition) is 2. The fraction of sp³-hybridized carbons (Fsp3) is 0.240. The molecule has 0 amide bonds. The molecule has 0 aliphatic heterocycles. The van der Waals surface area contributed by atoms with Crippen LogP contribution in [0.2, 0.25) is 5.02 Å². The second-order valence-corrected chi connectivity index (χ2v) is 9.49. The van der Waals surface area contributed by atoms with E-state index in [1.54, 1.807) is 25.2 Å². The number of halogens is 1. The van der Waals surface area contributed by atoms with Crippen molar-refractivity contribution in [1.82, 2.24) is 4.98 Å². The Labute approximate surface area is 186 Å². The summed E-state index contributed by atoms with van der Waals surface area (Å²) in [6.45, 7) is 7.66. The number of pyridine rings is 1. The molecule has 0 fully saturated rings. The highest BCUT2D eigenvalue weighted by molar-refractivity contribution is 7.10. The average Bonchev–Trinajstić information content (AvgIpc) is 3.25. The highest BCUT2D eigenvalue weighted by atomic mass is 35.5. The fourth-order valence-corrected chi connectivity index (χ4v) is 4.51. The van der Waals surface area contributed by atoms with Crippen molar-refractivity contribution in [3.8, 4) is 11.1 Å². The van der Waals surface area contributed by atoms with Crippen molar-refractivity contribution in [2.24, 2.45) is 0 Å². The second-order valence-electron chi connectivity index (χ2n) is 8.14. The van der Waals surface area contributed by atoms with Crippen LogP contribution in [0.15, 0.2) is 60.0 Å². The number of anilines is 1. The van der Waals surface area contributed by atoms with Crippen molar-refractivity contribution < 1.29 is 5.11 Å². The van der Waals surface area contributed by atoms with Gasteiger partial charge in [0.25, 0.3) is 0 Å². The Morgan fingerprint density at radius 3 is 2.40 bits per heavy atom. The molecule has 30 heavy (non-hydrogen) atoms. The smallest absolute Gasteiger partial charge is 0.0856 e. The first-order chi connectivity index (χ1) is 14.2. The summed E-state index contributed by atoms with van der Waals surface area (Å²) in [5.41, 5.74) is 4.83. The Morgan fingerprint density at radius 1 is 1.07 bits per heavy atom. The van der Waals surface area contributed by atoms with Gasteiger partial charge in [-0.15, -0.1) is 11.3 Å². The summed E-state index contributed by atoms with van der Waals surface area (Å²) in [4.78, 5) is 5.94. The lowest BCUT2D eigenvalue weighted by molar-refractivity contribution is 0.0786. The maximum absolute atomic E-state index is 10.2. The average molecular weight is 437 g/mol. The molecular formula is C25H25ClN2OS. The van der Waals surface area contributed by atoms with E-state index in [1.807, 2.05) is 37.3 Å². The maximum Gasteiger partial charge on any atom is 0.0856 e. The van der Waals surface area contributed by atoms with Gasteiger partial charge >= 0.3 is 0 Å². The number of fused-ring (bicyclic) bond motifs is 1. The molecule has 3 nitrogen and oxygen atoms in total. The first-order valence-corrected chi connectivity index (χ1v) is 11.2. The maximum atomic E-state index is 10.2. The molecule has 154 valence electrons. The third-order valence-electron chi connectivity index (χ3n) is 5.35. The lowest BCUT2D eigenvalue weighted by Crippen LogP contribution is -2.14. The van der Waals surface area contributed by atoms with Crippen LogP contribution in [0.25, 0.3) is 22.0 Å². The number of nitrogens with one attached hydrogen (secondary N) is 1. The number of benzene rings is 2. The third-order valence-corrected chi connectivity index (χ3v) is 6.86. The molecule has 2 heterocycles. The molecule has 0 saturated heterocycles. The van der Waals surface area contributed by atoms with Gasteiger partial charge in [0.15, 0.2) is 0 Å². The molecule has 0 bridgehead atoms. The van der Waals surface area contributed by atoms with E-state index in [0.29, 0.717) is 5.02 Å². The van der Waals surface area contributed by atoms with E-state index in [2.05, 4.69) is 46.9 Å². The Bertz CT molecular complexity index is 1180. The number of rotatable bonds is 5. The lowest BCUT2D eigenvalue weighted by Gasteiger charge is -2.19. The number of aryl methyl sites for hydroxylation is 1. The molecule has 0 aliphatic rings. The summed E-state index contributed by atoms with van der Waals surface area (Å²) in [7, 11) is 0. The zero-order valence-electron chi connectivity index (χ0n) is 17.5. The third kappa shape index (κ3) is 4.08. The van der Waals surface area contributed by atoms with Crippen LogP contribution in [-0.4, -0.2) is 10.1 Å². The predicted molar refractivity (Wildman–Crippen MR) is 129 cm³/mol. The molecule has 2 aromatic heterocycles. The van der Waals surface area contributed by atoms with E-state index in [-0.39, 0.29) is 6.04 Å². The van der Waals surface area contributed by atoms with E-state index in [9.17, 15) is 5.11 Å². The van der Waals surface area contributed by atoms with E-state index < -0.39 is 5.60 Å². The normalized spacial score (nSPS) is 12.9. The number of aliphatic hydroxyl groups is 1. The van der Waals surface area contributed by atoms with Gasteiger partial charge in [0, 0.05) is 10.3 Å². The SMILES string of the molecule is Cc1nc2ccc(-c3ccc(C(C)(C)O)cc3)cc2c(NC(C)c2cccs2)c1Cl. The molecule has 0 saturated carbocycles. The topological polar surface area (TPSA) is 45.2 Å². The molecule has 0 aliphatic carbocycles. The van der Waals surface area contributed by atoms with Crippen molar-refractivity contribution in [2.45, 2.75) is 39.3 Å². The first kappa shape index (κ1) is 20.9. The van der Waals surface area contributed by atoms with Crippen LogP contribution in [0.1, 0.15) is 42.9 Å². The van der Waals surface area contributed by atoms with Gasteiger partial charge in [-0.05, 0) is 68.0 Å². The van der Waals surface area contributed by atoms with Crippen LogP contribution in [0, 0.1) is 6.92 Å². The van der Waals surface area contributed by atoms with Crippen LogP contribution in [0.3, 0.4) is 0 Å². The minimum Gasteiger partial charge on any atom is -0.386 e. The van der Waals surface area contributed by atoms with Crippen LogP contribution in [0.5, 0.6) is 0 Å². The summed E-state index contributed by atoms with van der Waals surface area (Å²) in [6.07, 6.45) is 0. The molecule has 2 N–H and O–H groups in total. The van der Waals surface area contributed by atoms with Gasteiger partial charge in [-0.2, -0.15) is 0 Å². The first-order valence-electron chi connectivity index (χ1n) is 9.97.